The molecule has 1 aliphatic heterocycles. The van der Waals surface area contributed by atoms with Crippen molar-refractivity contribution in [2.45, 2.75) is 31.3 Å². The number of hydrogen-bond acceptors (Lipinski definition) is 7. The fourth-order valence-electron chi connectivity index (χ4n) is 2.70. The van der Waals surface area contributed by atoms with E-state index in [4.69, 9.17) is 21.6 Å². The number of nitrogen functional groups attached to an aromatic ring is 1. The Kier molecular flexibility index (Phi) is 3.48. The number of aliphatic hydroxyl groups is 1. The summed E-state index contributed by atoms with van der Waals surface area (Å²) in [5.74, 6) is 3.34. The van der Waals surface area contributed by atoms with Crippen molar-refractivity contribution < 1.29 is 14.6 Å². The maximum absolute atomic E-state index is 10.3. The van der Waals surface area contributed by atoms with Gasteiger partial charge in [0.05, 0.1) is 12.9 Å². The molecule has 1 aliphatic rings. The molecule has 1 fully saturated rings. The second-order valence-electron chi connectivity index (χ2n) is 5.27. The van der Waals surface area contributed by atoms with E-state index in [9.17, 15) is 5.11 Å². The lowest BCUT2D eigenvalue weighted by Gasteiger charge is -2.25. The predicted octanol–water partition coefficient (Wildman–Crippen LogP) is 0.0151. The van der Waals surface area contributed by atoms with Crippen molar-refractivity contribution >= 4 is 17.0 Å². The summed E-state index contributed by atoms with van der Waals surface area (Å²) in [5.41, 5.74) is 5.72. The Morgan fingerprint density at radius 1 is 1.64 bits per heavy atom. The molecule has 22 heavy (non-hydrogen) atoms. The number of aryl methyl sites for hydroxylation is 1. The average Bonchev–Trinajstić information content (AvgIpc) is 3.02. The van der Waals surface area contributed by atoms with Crippen molar-refractivity contribution in [3.05, 3.63) is 12.2 Å². The normalized spacial score (nSPS) is 28.1. The number of nitrogens with zero attached hydrogens (tertiary/aromatic N) is 4. The van der Waals surface area contributed by atoms with Gasteiger partial charge in [0.2, 0.25) is 0 Å². The van der Waals surface area contributed by atoms with Crippen LogP contribution in [-0.2, 0) is 9.47 Å². The lowest BCUT2D eigenvalue weighted by atomic mass is 9.99. The van der Waals surface area contributed by atoms with Gasteiger partial charge in [0.1, 0.15) is 23.7 Å². The highest BCUT2D eigenvalue weighted by Crippen LogP contribution is 2.38. The van der Waals surface area contributed by atoms with Gasteiger partial charge in [0, 0.05) is 13.5 Å². The van der Waals surface area contributed by atoms with Gasteiger partial charge in [0.15, 0.2) is 17.1 Å². The van der Waals surface area contributed by atoms with Crippen LogP contribution in [0.15, 0.2) is 6.33 Å². The van der Waals surface area contributed by atoms with Crippen LogP contribution in [-0.4, -0.2) is 50.0 Å². The number of hydrogen-bond donors (Lipinski definition) is 2. The molecule has 8 heteroatoms. The molecule has 0 aromatic carbocycles. The summed E-state index contributed by atoms with van der Waals surface area (Å²) in [6.45, 7) is 1.85. The Labute approximate surface area is 127 Å². The van der Waals surface area contributed by atoms with E-state index in [0.717, 1.165) is 0 Å². The van der Waals surface area contributed by atoms with Crippen molar-refractivity contribution in [1.82, 2.24) is 19.5 Å². The largest absolute Gasteiger partial charge is 0.389 e. The maximum atomic E-state index is 10.3. The first-order chi connectivity index (χ1) is 10.5. The first-order valence-electron chi connectivity index (χ1n) is 6.80. The van der Waals surface area contributed by atoms with Gasteiger partial charge in [-0.15, -0.1) is 6.42 Å². The van der Waals surface area contributed by atoms with Crippen molar-refractivity contribution in [3.8, 4) is 12.3 Å². The van der Waals surface area contributed by atoms with E-state index in [0.29, 0.717) is 29.2 Å². The van der Waals surface area contributed by atoms with Crippen LogP contribution in [0.1, 0.15) is 18.5 Å². The van der Waals surface area contributed by atoms with Crippen LogP contribution in [0.3, 0.4) is 0 Å². The second kappa shape index (κ2) is 5.21. The van der Waals surface area contributed by atoms with Gasteiger partial charge in [-0.05, 0) is 6.92 Å². The number of rotatable bonds is 3. The van der Waals surface area contributed by atoms with E-state index in [1.165, 1.54) is 7.11 Å². The minimum Gasteiger partial charge on any atom is -0.389 e. The highest BCUT2D eigenvalue weighted by molar-refractivity contribution is 5.81. The lowest BCUT2D eigenvalue weighted by Crippen LogP contribution is -2.42. The summed E-state index contributed by atoms with van der Waals surface area (Å²) in [4.78, 5) is 12.6. The minimum absolute atomic E-state index is 0.101. The second-order valence-corrected chi connectivity index (χ2v) is 5.27. The number of aromatic nitrogens is 4. The molecule has 116 valence electrons. The molecule has 2 aromatic heterocycles. The van der Waals surface area contributed by atoms with Crippen LogP contribution in [0, 0.1) is 19.3 Å². The Bertz CT molecular complexity index is 753. The number of fused-ring (bicyclic) bond motifs is 1. The van der Waals surface area contributed by atoms with Crippen molar-refractivity contribution in [2.24, 2.45) is 0 Å². The summed E-state index contributed by atoms with van der Waals surface area (Å²) in [5, 5.41) is 10.3. The van der Waals surface area contributed by atoms with Crippen molar-refractivity contribution in [1.29, 1.82) is 0 Å². The number of imidazole rings is 1. The van der Waals surface area contributed by atoms with E-state index >= 15 is 0 Å². The van der Waals surface area contributed by atoms with Gasteiger partial charge in [-0.3, -0.25) is 4.57 Å². The molecule has 3 heterocycles. The number of ether oxygens (including phenoxy) is 2. The van der Waals surface area contributed by atoms with E-state index < -0.39 is 17.9 Å². The van der Waals surface area contributed by atoms with E-state index in [1.54, 1.807) is 17.8 Å². The molecule has 0 amide bonds. The van der Waals surface area contributed by atoms with Crippen LogP contribution in [0.4, 0.5) is 5.82 Å². The lowest BCUT2D eigenvalue weighted by molar-refractivity contribution is -0.0969. The number of terminal acetylenes is 1. The summed E-state index contributed by atoms with van der Waals surface area (Å²) in [6.07, 6.45) is 6.06. The summed E-state index contributed by atoms with van der Waals surface area (Å²) in [7, 11) is 1.51. The quantitative estimate of drug-likeness (QED) is 0.769. The molecule has 0 bridgehead atoms. The molecular formula is C14H17N5O3. The predicted molar refractivity (Wildman–Crippen MR) is 78.7 cm³/mol. The molecule has 1 saturated heterocycles. The van der Waals surface area contributed by atoms with E-state index in [1.807, 2.05) is 0 Å². The minimum atomic E-state index is -1.18. The fourth-order valence-corrected chi connectivity index (χ4v) is 2.70. The van der Waals surface area contributed by atoms with Crippen LogP contribution >= 0.6 is 0 Å². The molecule has 0 spiro atoms. The Morgan fingerprint density at radius 2 is 2.41 bits per heavy atom. The summed E-state index contributed by atoms with van der Waals surface area (Å²) >= 11 is 0. The molecular weight excluding hydrogens is 286 g/mol. The van der Waals surface area contributed by atoms with Crippen molar-refractivity contribution in [2.75, 3.05) is 19.5 Å². The molecule has 0 radical (unpaired) electrons. The zero-order valence-corrected chi connectivity index (χ0v) is 12.4. The number of anilines is 1. The van der Waals surface area contributed by atoms with Gasteiger partial charge in [-0.1, -0.05) is 5.92 Å². The smallest absolute Gasteiger partial charge is 0.179 e. The highest BCUT2D eigenvalue weighted by Gasteiger charge is 2.48. The molecule has 2 aromatic rings. The van der Waals surface area contributed by atoms with Crippen LogP contribution in [0.25, 0.3) is 11.2 Å². The molecule has 8 nitrogen and oxygen atoms in total. The Balaban J connectivity index is 2.02. The first kappa shape index (κ1) is 14.7. The van der Waals surface area contributed by atoms with Crippen molar-refractivity contribution in [3.63, 3.8) is 0 Å². The van der Waals surface area contributed by atoms with Gasteiger partial charge in [-0.2, -0.15) is 0 Å². The van der Waals surface area contributed by atoms with Gasteiger partial charge in [0.25, 0.3) is 0 Å². The van der Waals surface area contributed by atoms with Gasteiger partial charge in [-0.25, -0.2) is 15.0 Å². The third-order valence-corrected chi connectivity index (χ3v) is 3.78. The first-order valence-corrected chi connectivity index (χ1v) is 6.80. The van der Waals surface area contributed by atoms with E-state index in [-0.39, 0.29) is 6.61 Å². The molecule has 0 unspecified atom stereocenters. The Hall–Kier alpha value is -2.21. The molecule has 0 aliphatic carbocycles. The fraction of sp³-hybridized carbons (Fsp3) is 0.500. The number of aliphatic hydroxyl groups excluding tert-OH is 1. The summed E-state index contributed by atoms with van der Waals surface area (Å²) < 4.78 is 12.7. The topological polar surface area (TPSA) is 108 Å². The third kappa shape index (κ3) is 2.11. The number of methoxy groups -OCH3 is 1. The van der Waals surface area contributed by atoms with E-state index in [2.05, 4.69) is 20.9 Å². The van der Waals surface area contributed by atoms with Crippen LogP contribution < -0.4 is 5.73 Å². The molecule has 3 rings (SSSR count). The zero-order chi connectivity index (χ0) is 15.9. The highest BCUT2D eigenvalue weighted by atomic mass is 16.6. The standard InChI is InChI=1S/C14H17N5O3/c1-4-14(6-21-3)9(20)5-10(22-14)19-7-16-11-12(15)17-8(2)18-13(11)19/h1,7,9-10,20H,5-6H2,2-3H3,(H2,15,17,18)/t9-,10+,14+/m0/s1. The SMILES string of the molecule is C#C[C@]1(COC)O[C@@H](n2cnc3c(N)nc(C)nc32)C[C@@H]1O. The molecule has 3 N–H and O–H groups in total. The average molecular weight is 303 g/mol. The van der Waals surface area contributed by atoms with Crippen LogP contribution in [0.2, 0.25) is 0 Å². The molecule has 3 atom stereocenters. The van der Waals surface area contributed by atoms with Gasteiger partial charge < -0.3 is 20.3 Å². The number of nitrogens with two attached hydrogens (primary N) is 1. The van der Waals surface area contributed by atoms with Crippen LogP contribution in [0.5, 0.6) is 0 Å². The Morgan fingerprint density at radius 3 is 3.09 bits per heavy atom. The van der Waals surface area contributed by atoms with Gasteiger partial charge >= 0.3 is 0 Å². The third-order valence-electron chi connectivity index (χ3n) is 3.78. The monoisotopic (exact) mass is 303 g/mol. The molecule has 0 saturated carbocycles. The zero-order valence-electron chi connectivity index (χ0n) is 12.4. The maximum Gasteiger partial charge on any atom is 0.179 e. The summed E-state index contributed by atoms with van der Waals surface area (Å²) in [6, 6.07) is 0.